The molecule has 0 spiro atoms. The highest BCUT2D eigenvalue weighted by molar-refractivity contribution is 6.30. The van der Waals surface area contributed by atoms with Crippen molar-refractivity contribution in [1.82, 2.24) is 15.0 Å². The topological polar surface area (TPSA) is 59.8 Å². The van der Waals surface area contributed by atoms with E-state index in [-0.39, 0.29) is 5.91 Å². The fourth-order valence-electron chi connectivity index (χ4n) is 2.08. The number of amides is 1. The van der Waals surface area contributed by atoms with Crippen LogP contribution in [-0.4, -0.2) is 20.9 Å². The normalized spacial score (nSPS) is 10.7. The fraction of sp³-hybridized carbons (Fsp3) is 0.133. The molecule has 0 fully saturated rings. The van der Waals surface area contributed by atoms with Crippen LogP contribution in [0.15, 0.2) is 48.5 Å². The van der Waals surface area contributed by atoms with Crippen LogP contribution in [0, 0.1) is 0 Å². The summed E-state index contributed by atoms with van der Waals surface area (Å²) >= 11 is 5.88. The van der Waals surface area contributed by atoms with Crippen LogP contribution in [0.1, 0.15) is 6.42 Å². The molecule has 0 aliphatic carbocycles. The summed E-state index contributed by atoms with van der Waals surface area (Å²) in [6.07, 6.45) is 0.319. The summed E-state index contributed by atoms with van der Waals surface area (Å²) in [5.74, 6) is -0.0863. The summed E-state index contributed by atoms with van der Waals surface area (Å²) in [6.45, 7) is 0.479. The number of halogens is 1. The molecule has 6 heteroatoms. The number of nitrogens with zero attached hydrogens (tertiary/aromatic N) is 3. The first-order valence-corrected chi connectivity index (χ1v) is 6.94. The molecule has 21 heavy (non-hydrogen) atoms. The van der Waals surface area contributed by atoms with E-state index in [4.69, 9.17) is 11.6 Å². The quantitative estimate of drug-likeness (QED) is 0.805. The van der Waals surface area contributed by atoms with E-state index in [2.05, 4.69) is 15.6 Å². The van der Waals surface area contributed by atoms with Crippen molar-refractivity contribution < 1.29 is 4.79 Å². The molecule has 0 bridgehead atoms. The molecule has 1 amide bonds. The first-order valence-electron chi connectivity index (χ1n) is 6.56. The zero-order valence-electron chi connectivity index (χ0n) is 11.2. The van der Waals surface area contributed by atoms with Crippen molar-refractivity contribution in [3.63, 3.8) is 0 Å². The van der Waals surface area contributed by atoms with Crippen molar-refractivity contribution >= 4 is 34.2 Å². The third-order valence-electron chi connectivity index (χ3n) is 3.08. The third-order valence-corrected chi connectivity index (χ3v) is 3.31. The largest absolute Gasteiger partial charge is 0.326 e. The van der Waals surface area contributed by atoms with E-state index in [0.717, 1.165) is 11.0 Å². The summed E-state index contributed by atoms with van der Waals surface area (Å²) in [6, 6.07) is 14.7. The molecular formula is C15H13ClN4O. The Balaban J connectivity index is 1.63. The molecule has 0 saturated heterocycles. The second kappa shape index (κ2) is 5.93. The van der Waals surface area contributed by atoms with E-state index < -0.39 is 0 Å². The Bertz CT molecular complexity index is 784. The number of para-hydroxylation sites is 1. The van der Waals surface area contributed by atoms with Gasteiger partial charge in [-0.2, -0.15) is 0 Å². The number of fused-ring (bicyclic) bond motifs is 1. The lowest BCUT2D eigenvalue weighted by atomic mass is 10.3. The number of benzene rings is 2. The molecule has 0 radical (unpaired) electrons. The van der Waals surface area contributed by atoms with Crippen molar-refractivity contribution in [2.24, 2.45) is 0 Å². The summed E-state index contributed by atoms with van der Waals surface area (Å²) in [4.78, 5) is 11.9. The van der Waals surface area contributed by atoms with E-state index in [1.165, 1.54) is 0 Å². The maximum Gasteiger partial charge on any atom is 0.226 e. The number of aryl methyl sites for hydroxylation is 1. The van der Waals surface area contributed by atoms with Crippen LogP contribution in [0.3, 0.4) is 0 Å². The maximum absolute atomic E-state index is 11.9. The molecule has 2 aromatic carbocycles. The smallest absolute Gasteiger partial charge is 0.226 e. The summed E-state index contributed by atoms with van der Waals surface area (Å²) in [5, 5.41) is 11.5. The predicted molar refractivity (Wildman–Crippen MR) is 82.2 cm³/mol. The Morgan fingerprint density at radius 1 is 1.19 bits per heavy atom. The van der Waals surface area contributed by atoms with Gasteiger partial charge in [-0.1, -0.05) is 35.0 Å². The van der Waals surface area contributed by atoms with Crippen molar-refractivity contribution in [2.75, 3.05) is 5.32 Å². The highest BCUT2D eigenvalue weighted by Crippen LogP contribution is 2.15. The standard InChI is InChI=1S/C15H13ClN4O/c16-11-4-3-5-12(10-11)17-15(21)8-9-20-14-7-2-1-6-13(14)18-19-20/h1-7,10H,8-9H2,(H,17,21). The van der Waals surface area contributed by atoms with Gasteiger partial charge >= 0.3 is 0 Å². The lowest BCUT2D eigenvalue weighted by Crippen LogP contribution is -2.15. The maximum atomic E-state index is 11.9. The molecule has 1 aromatic heterocycles. The first kappa shape index (κ1) is 13.6. The van der Waals surface area contributed by atoms with E-state index in [1.54, 1.807) is 28.9 Å². The average Bonchev–Trinajstić information content (AvgIpc) is 2.88. The van der Waals surface area contributed by atoms with E-state index in [1.807, 2.05) is 24.3 Å². The second-order valence-electron chi connectivity index (χ2n) is 4.61. The Morgan fingerprint density at radius 3 is 2.90 bits per heavy atom. The molecule has 5 nitrogen and oxygen atoms in total. The summed E-state index contributed by atoms with van der Waals surface area (Å²) in [7, 11) is 0. The molecule has 106 valence electrons. The Hall–Kier alpha value is -2.40. The minimum absolute atomic E-state index is 0.0863. The zero-order valence-corrected chi connectivity index (χ0v) is 11.9. The number of hydrogen-bond donors (Lipinski definition) is 1. The molecule has 1 N–H and O–H groups in total. The van der Waals surface area contributed by atoms with Crippen LogP contribution in [0.5, 0.6) is 0 Å². The van der Waals surface area contributed by atoms with Crippen LogP contribution >= 0.6 is 11.6 Å². The molecule has 0 unspecified atom stereocenters. The fourth-order valence-corrected chi connectivity index (χ4v) is 2.27. The highest BCUT2D eigenvalue weighted by atomic mass is 35.5. The van der Waals surface area contributed by atoms with Gasteiger partial charge in [0.25, 0.3) is 0 Å². The van der Waals surface area contributed by atoms with Crippen LogP contribution < -0.4 is 5.32 Å². The lowest BCUT2D eigenvalue weighted by Gasteiger charge is -2.06. The van der Waals surface area contributed by atoms with Crippen LogP contribution in [0.2, 0.25) is 5.02 Å². The van der Waals surface area contributed by atoms with Crippen LogP contribution in [-0.2, 0) is 11.3 Å². The van der Waals surface area contributed by atoms with Gasteiger partial charge in [0.15, 0.2) is 0 Å². The molecule has 3 rings (SSSR count). The van der Waals surface area contributed by atoms with Crippen molar-refractivity contribution in [2.45, 2.75) is 13.0 Å². The van der Waals surface area contributed by atoms with Crippen LogP contribution in [0.4, 0.5) is 5.69 Å². The van der Waals surface area contributed by atoms with Gasteiger partial charge < -0.3 is 5.32 Å². The lowest BCUT2D eigenvalue weighted by molar-refractivity contribution is -0.116. The predicted octanol–water partition coefficient (Wildman–Crippen LogP) is 3.11. The van der Waals surface area contributed by atoms with Gasteiger partial charge in [-0.3, -0.25) is 4.79 Å². The zero-order chi connectivity index (χ0) is 14.7. The van der Waals surface area contributed by atoms with Gasteiger partial charge in [0, 0.05) is 17.1 Å². The number of anilines is 1. The Kier molecular flexibility index (Phi) is 3.83. The number of carbonyl (C=O) groups is 1. The van der Waals surface area contributed by atoms with Crippen molar-refractivity contribution in [1.29, 1.82) is 0 Å². The Labute approximate surface area is 126 Å². The molecule has 1 heterocycles. The van der Waals surface area contributed by atoms with Gasteiger partial charge in [-0.25, -0.2) is 4.68 Å². The van der Waals surface area contributed by atoms with Gasteiger partial charge in [-0.05, 0) is 30.3 Å². The molecule has 0 aliphatic heterocycles. The monoisotopic (exact) mass is 300 g/mol. The number of hydrogen-bond acceptors (Lipinski definition) is 3. The van der Waals surface area contributed by atoms with Crippen molar-refractivity contribution in [3.8, 4) is 0 Å². The number of aromatic nitrogens is 3. The molecule has 3 aromatic rings. The van der Waals surface area contributed by atoms with E-state index in [0.29, 0.717) is 23.7 Å². The number of rotatable bonds is 4. The number of carbonyl (C=O) groups excluding carboxylic acids is 1. The minimum atomic E-state index is -0.0863. The van der Waals surface area contributed by atoms with Crippen molar-refractivity contribution in [3.05, 3.63) is 53.6 Å². The van der Waals surface area contributed by atoms with Gasteiger partial charge in [0.05, 0.1) is 12.1 Å². The summed E-state index contributed by atoms with van der Waals surface area (Å²) in [5.41, 5.74) is 2.44. The van der Waals surface area contributed by atoms with E-state index in [9.17, 15) is 4.79 Å². The van der Waals surface area contributed by atoms with Gasteiger partial charge in [0.1, 0.15) is 5.52 Å². The molecule has 0 saturated carbocycles. The Morgan fingerprint density at radius 2 is 2.05 bits per heavy atom. The first-order chi connectivity index (χ1) is 10.2. The van der Waals surface area contributed by atoms with Gasteiger partial charge in [-0.15, -0.1) is 5.10 Å². The molecule has 0 aliphatic rings. The SMILES string of the molecule is O=C(CCn1nnc2ccccc21)Nc1cccc(Cl)c1. The average molecular weight is 301 g/mol. The minimum Gasteiger partial charge on any atom is -0.326 e. The van der Waals surface area contributed by atoms with Gasteiger partial charge in [0.2, 0.25) is 5.91 Å². The summed E-state index contributed by atoms with van der Waals surface area (Å²) < 4.78 is 1.73. The molecule has 0 atom stereocenters. The molecular weight excluding hydrogens is 288 g/mol. The van der Waals surface area contributed by atoms with Crippen LogP contribution in [0.25, 0.3) is 11.0 Å². The number of nitrogens with one attached hydrogen (secondary N) is 1. The second-order valence-corrected chi connectivity index (χ2v) is 5.05. The van der Waals surface area contributed by atoms with E-state index >= 15 is 0 Å². The third kappa shape index (κ3) is 3.20. The highest BCUT2D eigenvalue weighted by Gasteiger charge is 2.07.